The molecule has 0 amide bonds. The lowest BCUT2D eigenvalue weighted by atomic mass is 10.1. The average Bonchev–Trinajstić information content (AvgIpc) is 2.94. The Morgan fingerprint density at radius 2 is 1.79 bits per heavy atom. The molecular weight excluding hydrogens is 366 g/mol. The van der Waals surface area contributed by atoms with Gasteiger partial charge >= 0.3 is 0 Å². The number of nitrogens with zero attached hydrogens (tertiary/aromatic N) is 1. The highest BCUT2D eigenvalue weighted by atomic mass is 16.5. The molecule has 0 spiro atoms. The van der Waals surface area contributed by atoms with Crippen LogP contribution < -0.4 is 20.1 Å². The Bertz CT molecular complexity index is 844. The second-order valence-corrected chi connectivity index (χ2v) is 7.98. The van der Waals surface area contributed by atoms with Gasteiger partial charge in [0.25, 0.3) is 0 Å². The number of fused-ring (bicyclic) bond motifs is 1. The van der Waals surface area contributed by atoms with Gasteiger partial charge in [0.2, 0.25) is 0 Å². The van der Waals surface area contributed by atoms with E-state index in [0.717, 1.165) is 29.2 Å². The third-order valence-corrected chi connectivity index (χ3v) is 4.36. The SMILES string of the molecule is CN=C(NCc1cccc(COC(C)(C)C)c1)Nc1ccc2c(c1)OCCCO2. The highest BCUT2D eigenvalue weighted by Crippen LogP contribution is 2.32. The van der Waals surface area contributed by atoms with Crippen LogP contribution in [-0.4, -0.2) is 31.8 Å². The van der Waals surface area contributed by atoms with Crippen molar-refractivity contribution < 1.29 is 14.2 Å². The van der Waals surface area contributed by atoms with Crippen molar-refractivity contribution in [3.63, 3.8) is 0 Å². The number of guanidine groups is 1. The summed E-state index contributed by atoms with van der Waals surface area (Å²) in [5.41, 5.74) is 3.07. The van der Waals surface area contributed by atoms with Crippen LogP contribution >= 0.6 is 0 Å². The van der Waals surface area contributed by atoms with Gasteiger partial charge in [-0.2, -0.15) is 0 Å². The van der Waals surface area contributed by atoms with Crippen LogP contribution in [0.4, 0.5) is 5.69 Å². The quantitative estimate of drug-likeness (QED) is 0.580. The van der Waals surface area contributed by atoms with Crippen LogP contribution in [0.1, 0.15) is 38.3 Å². The monoisotopic (exact) mass is 397 g/mol. The van der Waals surface area contributed by atoms with E-state index in [1.54, 1.807) is 7.05 Å². The summed E-state index contributed by atoms with van der Waals surface area (Å²) in [6.07, 6.45) is 0.889. The fourth-order valence-corrected chi connectivity index (χ4v) is 2.87. The number of hydrogen-bond donors (Lipinski definition) is 2. The van der Waals surface area contributed by atoms with Crippen molar-refractivity contribution in [1.82, 2.24) is 5.32 Å². The minimum absolute atomic E-state index is 0.150. The van der Waals surface area contributed by atoms with Gasteiger partial charge in [0.1, 0.15) is 0 Å². The lowest BCUT2D eigenvalue weighted by Crippen LogP contribution is -2.30. The standard InChI is InChI=1S/C23H31N3O3/c1-23(2,3)29-16-18-8-5-7-17(13-18)15-25-22(24-4)26-19-9-10-20-21(14-19)28-12-6-11-27-20/h5,7-10,13-14H,6,11-12,15-16H2,1-4H3,(H2,24,25,26). The number of rotatable bonds is 5. The van der Waals surface area contributed by atoms with E-state index in [1.165, 1.54) is 5.56 Å². The molecule has 0 saturated carbocycles. The van der Waals surface area contributed by atoms with Crippen LogP contribution in [0.25, 0.3) is 0 Å². The van der Waals surface area contributed by atoms with Gasteiger partial charge in [-0.25, -0.2) is 0 Å². The molecule has 0 atom stereocenters. The molecule has 3 rings (SSSR count). The summed E-state index contributed by atoms with van der Waals surface area (Å²) in [5.74, 6) is 2.23. The van der Waals surface area contributed by atoms with Crippen LogP contribution in [-0.2, 0) is 17.9 Å². The van der Waals surface area contributed by atoms with Crippen molar-refractivity contribution in [3.05, 3.63) is 53.6 Å². The Labute approximate surface area is 173 Å². The number of nitrogens with one attached hydrogen (secondary N) is 2. The van der Waals surface area contributed by atoms with E-state index in [9.17, 15) is 0 Å². The van der Waals surface area contributed by atoms with Gasteiger partial charge in [-0.05, 0) is 44.0 Å². The summed E-state index contributed by atoms with van der Waals surface area (Å²) in [5, 5.41) is 6.66. The summed E-state index contributed by atoms with van der Waals surface area (Å²) >= 11 is 0. The van der Waals surface area contributed by atoms with E-state index in [0.29, 0.717) is 32.3 Å². The first kappa shape index (κ1) is 21.0. The summed E-state index contributed by atoms with van der Waals surface area (Å²) < 4.78 is 17.3. The van der Waals surface area contributed by atoms with E-state index >= 15 is 0 Å². The maximum Gasteiger partial charge on any atom is 0.195 e. The highest BCUT2D eigenvalue weighted by Gasteiger charge is 2.12. The van der Waals surface area contributed by atoms with Gasteiger partial charge in [-0.1, -0.05) is 24.3 Å². The Morgan fingerprint density at radius 1 is 1.03 bits per heavy atom. The van der Waals surface area contributed by atoms with Gasteiger partial charge < -0.3 is 24.8 Å². The summed E-state index contributed by atoms with van der Waals surface area (Å²) in [4.78, 5) is 4.32. The van der Waals surface area contributed by atoms with E-state index < -0.39 is 0 Å². The molecule has 0 bridgehead atoms. The largest absolute Gasteiger partial charge is 0.490 e. The predicted molar refractivity (Wildman–Crippen MR) is 117 cm³/mol. The normalized spacial score (nSPS) is 14.3. The second-order valence-electron chi connectivity index (χ2n) is 7.98. The molecule has 0 saturated heterocycles. The lowest BCUT2D eigenvalue weighted by Gasteiger charge is -2.20. The van der Waals surface area contributed by atoms with Crippen molar-refractivity contribution in [2.75, 3.05) is 25.6 Å². The minimum atomic E-state index is -0.150. The van der Waals surface area contributed by atoms with Gasteiger partial charge in [0.15, 0.2) is 17.5 Å². The van der Waals surface area contributed by atoms with Crippen LogP contribution in [0.5, 0.6) is 11.5 Å². The van der Waals surface area contributed by atoms with Crippen molar-refractivity contribution >= 4 is 11.6 Å². The summed E-state index contributed by atoms with van der Waals surface area (Å²) in [7, 11) is 1.76. The molecule has 0 unspecified atom stereocenters. The van der Waals surface area contributed by atoms with Crippen LogP contribution in [0.15, 0.2) is 47.5 Å². The molecule has 2 N–H and O–H groups in total. The van der Waals surface area contributed by atoms with E-state index in [2.05, 4.69) is 60.7 Å². The topological polar surface area (TPSA) is 64.1 Å². The van der Waals surface area contributed by atoms with Crippen LogP contribution in [0.3, 0.4) is 0 Å². The molecular formula is C23H31N3O3. The molecule has 29 heavy (non-hydrogen) atoms. The maximum absolute atomic E-state index is 5.87. The predicted octanol–water partition coefficient (Wildman–Crippen LogP) is 4.35. The second kappa shape index (κ2) is 9.65. The van der Waals surface area contributed by atoms with Crippen molar-refractivity contribution in [1.29, 1.82) is 0 Å². The van der Waals surface area contributed by atoms with Crippen LogP contribution in [0.2, 0.25) is 0 Å². The number of hydrogen-bond acceptors (Lipinski definition) is 4. The fraction of sp³-hybridized carbons (Fsp3) is 0.435. The van der Waals surface area contributed by atoms with Gasteiger partial charge in [0.05, 0.1) is 25.4 Å². The van der Waals surface area contributed by atoms with Gasteiger partial charge in [-0.15, -0.1) is 0 Å². The number of aliphatic imine (C=N–C) groups is 1. The molecule has 1 aliphatic heterocycles. The molecule has 1 heterocycles. The molecule has 6 heteroatoms. The zero-order valence-corrected chi connectivity index (χ0v) is 17.7. The lowest BCUT2D eigenvalue weighted by molar-refractivity contribution is -0.0149. The molecule has 0 radical (unpaired) electrons. The molecule has 1 aliphatic rings. The molecule has 2 aromatic rings. The van der Waals surface area contributed by atoms with Gasteiger partial charge in [0, 0.05) is 31.8 Å². The summed E-state index contributed by atoms with van der Waals surface area (Å²) in [6, 6.07) is 14.2. The molecule has 6 nitrogen and oxygen atoms in total. The Morgan fingerprint density at radius 3 is 2.55 bits per heavy atom. The third kappa shape index (κ3) is 6.68. The smallest absolute Gasteiger partial charge is 0.195 e. The maximum atomic E-state index is 5.87. The zero-order chi connectivity index (χ0) is 20.7. The Balaban J connectivity index is 1.58. The molecule has 156 valence electrons. The third-order valence-electron chi connectivity index (χ3n) is 4.36. The number of benzene rings is 2. The minimum Gasteiger partial charge on any atom is -0.490 e. The molecule has 2 aromatic carbocycles. The molecule has 0 aliphatic carbocycles. The summed E-state index contributed by atoms with van der Waals surface area (Å²) in [6.45, 7) is 8.80. The van der Waals surface area contributed by atoms with Gasteiger partial charge in [-0.3, -0.25) is 4.99 Å². The molecule has 0 fully saturated rings. The zero-order valence-electron chi connectivity index (χ0n) is 17.7. The van der Waals surface area contributed by atoms with Crippen LogP contribution in [0, 0.1) is 0 Å². The van der Waals surface area contributed by atoms with E-state index in [-0.39, 0.29) is 5.60 Å². The van der Waals surface area contributed by atoms with E-state index in [4.69, 9.17) is 14.2 Å². The fourth-order valence-electron chi connectivity index (χ4n) is 2.87. The molecule has 0 aromatic heterocycles. The Hall–Kier alpha value is -2.73. The first-order valence-corrected chi connectivity index (χ1v) is 10.0. The first-order chi connectivity index (χ1) is 13.9. The average molecular weight is 398 g/mol. The van der Waals surface area contributed by atoms with Crippen molar-refractivity contribution in [2.24, 2.45) is 4.99 Å². The number of anilines is 1. The highest BCUT2D eigenvalue weighted by molar-refractivity contribution is 5.93. The number of ether oxygens (including phenoxy) is 3. The first-order valence-electron chi connectivity index (χ1n) is 10.0. The van der Waals surface area contributed by atoms with Crippen molar-refractivity contribution in [2.45, 2.75) is 45.9 Å². The Kier molecular flexibility index (Phi) is 6.99. The van der Waals surface area contributed by atoms with Crippen molar-refractivity contribution in [3.8, 4) is 11.5 Å². The van der Waals surface area contributed by atoms with E-state index in [1.807, 2.05) is 18.2 Å².